The van der Waals surface area contributed by atoms with Crippen LogP contribution < -0.4 is 10.6 Å². The van der Waals surface area contributed by atoms with Gasteiger partial charge >= 0.3 is 0 Å². The third-order valence-corrected chi connectivity index (χ3v) is 2.29. The van der Waals surface area contributed by atoms with E-state index in [0.717, 1.165) is 23.9 Å². The van der Waals surface area contributed by atoms with Crippen molar-refractivity contribution < 1.29 is 0 Å². The number of H-pyrrole nitrogens is 1. The molecular weight excluding hydrogens is 198 g/mol. The number of hydrogen-bond donors (Lipinski definition) is 3. The van der Waals surface area contributed by atoms with E-state index in [9.17, 15) is 0 Å². The summed E-state index contributed by atoms with van der Waals surface area (Å²) in [7, 11) is 0. The van der Waals surface area contributed by atoms with Gasteiger partial charge in [-0.15, -0.1) is 0 Å². The molecule has 0 atom stereocenters. The summed E-state index contributed by atoms with van der Waals surface area (Å²) in [6, 6.07) is 0.611. The van der Waals surface area contributed by atoms with E-state index in [-0.39, 0.29) is 0 Å². The Bertz CT molecular complexity index is 293. The Labute approximate surface area is 87.7 Å². The van der Waals surface area contributed by atoms with Crippen molar-refractivity contribution in [3.63, 3.8) is 0 Å². The number of nitrogens with zero attached hydrogens (tertiary/aromatic N) is 2. The van der Waals surface area contributed by atoms with Gasteiger partial charge in [0.25, 0.3) is 0 Å². The first-order valence-corrected chi connectivity index (χ1v) is 5.14. The normalized spacial score (nSPS) is 15.1. The first-order valence-electron chi connectivity index (χ1n) is 4.73. The molecule has 0 aliphatic heterocycles. The highest BCUT2D eigenvalue weighted by atomic mass is 32.1. The van der Waals surface area contributed by atoms with Gasteiger partial charge in [-0.05, 0) is 25.1 Å². The molecule has 0 unspecified atom stereocenters. The Kier molecular flexibility index (Phi) is 2.93. The quantitative estimate of drug-likeness (QED) is 0.611. The molecule has 5 nitrogen and oxygen atoms in total. The van der Waals surface area contributed by atoms with Crippen LogP contribution in [-0.4, -0.2) is 32.9 Å². The van der Waals surface area contributed by atoms with Crippen LogP contribution >= 0.6 is 12.2 Å². The van der Waals surface area contributed by atoms with Crippen molar-refractivity contribution in [2.24, 2.45) is 0 Å². The molecule has 0 amide bonds. The third-order valence-electron chi connectivity index (χ3n) is 2.02. The van der Waals surface area contributed by atoms with Crippen LogP contribution in [0.1, 0.15) is 18.7 Å². The first-order chi connectivity index (χ1) is 6.84. The molecule has 76 valence electrons. The zero-order valence-electron chi connectivity index (χ0n) is 7.79. The molecule has 1 aliphatic rings. The lowest BCUT2D eigenvalue weighted by Crippen LogP contribution is -2.37. The van der Waals surface area contributed by atoms with E-state index in [1.165, 1.54) is 19.2 Å². The van der Waals surface area contributed by atoms with E-state index < -0.39 is 0 Å². The Morgan fingerprint density at radius 3 is 3.14 bits per heavy atom. The van der Waals surface area contributed by atoms with E-state index in [1.54, 1.807) is 0 Å². The van der Waals surface area contributed by atoms with Crippen molar-refractivity contribution in [3.8, 4) is 0 Å². The van der Waals surface area contributed by atoms with Crippen LogP contribution in [0.5, 0.6) is 0 Å². The monoisotopic (exact) mass is 211 g/mol. The summed E-state index contributed by atoms with van der Waals surface area (Å²) in [4.78, 5) is 4.02. The molecule has 1 heterocycles. The molecule has 0 radical (unpaired) electrons. The fourth-order valence-electron chi connectivity index (χ4n) is 1.11. The SMILES string of the molecule is S=C(NCCc1ncn[nH]1)NC1CC1. The van der Waals surface area contributed by atoms with Crippen molar-refractivity contribution in [1.29, 1.82) is 0 Å². The number of aromatic nitrogens is 3. The van der Waals surface area contributed by atoms with Crippen LogP contribution in [0.4, 0.5) is 0 Å². The molecule has 1 aromatic heterocycles. The van der Waals surface area contributed by atoms with Crippen LogP contribution in [0.3, 0.4) is 0 Å². The molecule has 0 saturated heterocycles. The summed E-state index contributed by atoms with van der Waals surface area (Å²) in [5, 5.41) is 13.6. The van der Waals surface area contributed by atoms with Crippen LogP contribution in [-0.2, 0) is 6.42 Å². The van der Waals surface area contributed by atoms with Crippen LogP contribution in [0, 0.1) is 0 Å². The predicted octanol–water partition coefficient (Wildman–Crippen LogP) is -0.0263. The molecule has 1 aliphatic carbocycles. The third kappa shape index (κ3) is 2.95. The lowest BCUT2D eigenvalue weighted by Gasteiger charge is -2.07. The number of hydrogen-bond acceptors (Lipinski definition) is 3. The maximum absolute atomic E-state index is 5.10. The zero-order valence-corrected chi connectivity index (χ0v) is 8.60. The fraction of sp³-hybridized carbons (Fsp3) is 0.625. The molecule has 1 saturated carbocycles. The zero-order chi connectivity index (χ0) is 9.80. The molecule has 0 bridgehead atoms. The van der Waals surface area contributed by atoms with Crippen LogP contribution in [0.15, 0.2) is 6.33 Å². The Morgan fingerprint density at radius 1 is 1.64 bits per heavy atom. The molecule has 3 N–H and O–H groups in total. The van der Waals surface area contributed by atoms with Gasteiger partial charge in [0.15, 0.2) is 5.11 Å². The summed E-state index contributed by atoms with van der Waals surface area (Å²) in [5.74, 6) is 0.881. The first kappa shape index (κ1) is 9.39. The van der Waals surface area contributed by atoms with E-state index >= 15 is 0 Å². The molecule has 6 heteroatoms. The van der Waals surface area contributed by atoms with Gasteiger partial charge in [-0.1, -0.05) is 0 Å². The topological polar surface area (TPSA) is 65.6 Å². The average molecular weight is 211 g/mol. The standard InChI is InChI=1S/C8H13N5S/c14-8(12-6-1-2-6)9-4-3-7-10-5-11-13-7/h5-6H,1-4H2,(H2,9,12,14)(H,10,11,13). The Balaban J connectivity index is 1.60. The van der Waals surface area contributed by atoms with Gasteiger partial charge in [0.05, 0.1) is 0 Å². The van der Waals surface area contributed by atoms with Gasteiger partial charge in [0.1, 0.15) is 12.2 Å². The number of nitrogens with one attached hydrogen (secondary N) is 3. The molecule has 0 aromatic carbocycles. The van der Waals surface area contributed by atoms with E-state index in [1.807, 2.05) is 0 Å². The van der Waals surface area contributed by atoms with Crippen molar-refractivity contribution in [2.75, 3.05) is 6.54 Å². The summed E-state index contributed by atoms with van der Waals surface area (Å²) in [5.41, 5.74) is 0. The van der Waals surface area contributed by atoms with Gasteiger partial charge in [-0.25, -0.2) is 4.98 Å². The van der Waals surface area contributed by atoms with Gasteiger partial charge < -0.3 is 10.6 Å². The van der Waals surface area contributed by atoms with Crippen LogP contribution in [0.25, 0.3) is 0 Å². The Morgan fingerprint density at radius 2 is 2.50 bits per heavy atom. The highest BCUT2D eigenvalue weighted by Gasteiger charge is 2.21. The minimum atomic E-state index is 0.611. The molecule has 14 heavy (non-hydrogen) atoms. The fourth-order valence-corrected chi connectivity index (χ4v) is 1.38. The molecular formula is C8H13N5S. The van der Waals surface area contributed by atoms with Crippen molar-refractivity contribution in [1.82, 2.24) is 25.8 Å². The minimum absolute atomic E-state index is 0.611. The smallest absolute Gasteiger partial charge is 0.166 e. The second-order valence-corrected chi connectivity index (χ2v) is 3.76. The molecule has 0 spiro atoms. The highest BCUT2D eigenvalue weighted by Crippen LogP contribution is 2.18. The van der Waals surface area contributed by atoms with Gasteiger partial charge in [0.2, 0.25) is 0 Å². The highest BCUT2D eigenvalue weighted by molar-refractivity contribution is 7.80. The summed E-state index contributed by atoms with van der Waals surface area (Å²) in [6.45, 7) is 0.785. The predicted molar refractivity (Wildman–Crippen MR) is 56.8 cm³/mol. The second-order valence-electron chi connectivity index (χ2n) is 3.36. The molecule has 2 rings (SSSR count). The Hall–Kier alpha value is -1.17. The number of rotatable bonds is 4. The molecule has 1 fully saturated rings. The lowest BCUT2D eigenvalue weighted by atomic mass is 10.4. The van der Waals surface area contributed by atoms with E-state index in [4.69, 9.17) is 12.2 Å². The average Bonchev–Trinajstić information content (AvgIpc) is 2.82. The minimum Gasteiger partial charge on any atom is -0.362 e. The largest absolute Gasteiger partial charge is 0.362 e. The van der Waals surface area contributed by atoms with Gasteiger partial charge in [-0.3, -0.25) is 5.10 Å². The number of thiocarbonyl (C=S) groups is 1. The maximum Gasteiger partial charge on any atom is 0.166 e. The lowest BCUT2D eigenvalue weighted by molar-refractivity contribution is 0.783. The summed E-state index contributed by atoms with van der Waals surface area (Å²) >= 11 is 5.10. The van der Waals surface area contributed by atoms with Gasteiger partial charge in [0, 0.05) is 19.0 Å². The van der Waals surface area contributed by atoms with E-state index in [2.05, 4.69) is 25.8 Å². The van der Waals surface area contributed by atoms with Crippen LogP contribution in [0.2, 0.25) is 0 Å². The summed E-state index contributed by atoms with van der Waals surface area (Å²) < 4.78 is 0. The van der Waals surface area contributed by atoms with Crippen molar-refractivity contribution >= 4 is 17.3 Å². The molecule has 1 aromatic rings. The summed E-state index contributed by atoms with van der Waals surface area (Å²) in [6.07, 6.45) is 4.80. The second kappa shape index (κ2) is 4.36. The maximum atomic E-state index is 5.10. The van der Waals surface area contributed by atoms with Crippen molar-refractivity contribution in [3.05, 3.63) is 12.2 Å². The van der Waals surface area contributed by atoms with Crippen molar-refractivity contribution in [2.45, 2.75) is 25.3 Å². The number of aromatic amines is 1. The van der Waals surface area contributed by atoms with Gasteiger partial charge in [-0.2, -0.15) is 5.10 Å². The van der Waals surface area contributed by atoms with E-state index in [0.29, 0.717) is 6.04 Å².